The van der Waals surface area contributed by atoms with Crippen LogP contribution < -0.4 is 16.0 Å². The normalized spacial score (nSPS) is 10.9. The quantitative estimate of drug-likeness (QED) is 0.287. The van der Waals surface area contributed by atoms with Gasteiger partial charge < -0.3 is 16.0 Å². The van der Waals surface area contributed by atoms with E-state index in [2.05, 4.69) is 39.8 Å². The predicted molar refractivity (Wildman–Crippen MR) is 128 cm³/mol. The molecule has 0 saturated carbocycles. The average molecular weight is 515 g/mol. The van der Waals surface area contributed by atoms with Crippen molar-refractivity contribution in [2.45, 2.75) is 33.6 Å². The zero-order valence-corrected chi connectivity index (χ0v) is 20.1. The Morgan fingerprint density at radius 2 is 2.00 bits per heavy atom. The summed E-state index contributed by atoms with van der Waals surface area (Å²) in [7, 11) is 1.64. The number of thiazole rings is 1. The van der Waals surface area contributed by atoms with Crippen LogP contribution in [-0.2, 0) is 12.8 Å². The first-order valence-corrected chi connectivity index (χ1v) is 10.1. The first kappa shape index (κ1) is 24.4. The fourth-order valence-corrected chi connectivity index (χ4v) is 3.68. The van der Waals surface area contributed by atoms with E-state index in [9.17, 15) is 4.79 Å². The number of halogens is 1. The van der Waals surface area contributed by atoms with E-state index in [0.717, 1.165) is 54.7 Å². The summed E-state index contributed by atoms with van der Waals surface area (Å²) in [6.45, 7) is 8.44. The number of nitrogens with one attached hydrogen (secondary N) is 3. The zero-order chi connectivity index (χ0) is 19.6. The number of aryl methyl sites for hydroxylation is 2. The monoisotopic (exact) mass is 515 g/mol. The van der Waals surface area contributed by atoms with Crippen molar-refractivity contribution in [2.75, 3.05) is 26.7 Å². The van der Waals surface area contributed by atoms with Crippen molar-refractivity contribution in [3.8, 4) is 0 Å². The first-order chi connectivity index (χ1) is 13.0. The zero-order valence-electron chi connectivity index (χ0n) is 17.0. The molecule has 0 aliphatic heterocycles. The van der Waals surface area contributed by atoms with E-state index in [0.29, 0.717) is 5.56 Å². The van der Waals surface area contributed by atoms with Crippen molar-refractivity contribution in [2.24, 2.45) is 4.99 Å². The third-order valence-corrected chi connectivity index (χ3v) is 5.21. The lowest BCUT2D eigenvalue weighted by atomic mass is 10.1. The Morgan fingerprint density at radius 3 is 2.64 bits per heavy atom. The molecule has 0 atom stereocenters. The van der Waals surface area contributed by atoms with Crippen molar-refractivity contribution in [1.82, 2.24) is 20.9 Å². The number of carbonyl (C=O) groups excluding carboxylic acids is 1. The van der Waals surface area contributed by atoms with E-state index >= 15 is 0 Å². The van der Waals surface area contributed by atoms with E-state index in [1.807, 2.05) is 31.2 Å². The minimum Gasteiger partial charge on any atom is -0.357 e. The van der Waals surface area contributed by atoms with Gasteiger partial charge in [0, 0.05) is 43.5 Å². The van der Waals surface area contributed by atoms with Gasteiger partial charge in [-0.15, -0.1) is 35.3 Å². The largest absolute Gasteiger partial charge is 0.357 e. The molecule has 28 heavy (non-hydrogen) atoms. The maximum absolute atomic E-state index is 11.7. The molecule has 0 radical (unpaired) electrons. The maximum atomic E-state index is 11.7. The van der Waals surface area contributed by atoms with E-state index < -0.39 is 0 Å². The highest BCUT2D eigenvalue weighted by molar-refractivity contribution is 14.0. The molecule has 6 nitrogen and oxygen atoms in total. The van der Waals surface area contributed by atoms with Crippen molar-refractivity contribution in [3.05, 3.63) is 51.0 Å². The summed E-state index contributed by atoms with van der Waals surface area (Å²) in [6.07, 6.45) is 1.73. The molecule has 1 heterocycles. The second-order valence-electron chi connectivity index (χ2n) is 6.21. The van der Waals surface area contributed by atoms with E-state index in [1.54, 1.807) is 18.4 Å². The maximum Gasteiger partial charge on any atom is 0.251 e. The lowest BCUT2D eigenvalue weighted by Crippen LogP contribution is -2.38. The fraction of sp³-hybridized carbons (Fsp3) is 0.450. The van der Waals surface area contributed by atoms with Crippen LogP contribution in [0.4, 0.5) is 0 Å². The molecule has 2 rings (SSSR count). The highest BCUT2D eigenvalue weighted by Gasteiger charge is 2.06. The number of amides is 1. The number of hydrogen-bond acceptors (Lipinski definition) is 4. The molecule has 0 fully saturated rings. The Kier molecular flexibility index (Phi) is 11.1. The molecule has 8 heteroatoms. The highest BCUT2D eigenvalue weighted by Crippen LogP contribution is 2.17. The number of aliphatic imine (C=N–C) groups is 1. The Morgan fingerprint density at radius 1 is 1.21 bits per heavy atom. The van der Waals surface area contributed by atoms with Crippen LogP contribution in [0.1, 0.15) is 38.4 Å². The molecule has 0 aliphatic rings. The molecule has 154 valence electrons. The molecule has 2 aromatic rings. The van der Waals surface area contributed by atoms with Crippen molar-refractivity contribution in [3.63, 3.8) is 0 Å². The van der Waals surface area contributed by atoms with Gasteiger partial charge in [-0.2, -0.15) is 0 Å². The molecule has 0 aliphatic carbocycles. The number of aromatic nitrogens is 1. The van der Waals surface area contributed by atoms with Crippen molar-refractivity contribution < 1.29 is 4.79 Å². The van der Waals surface area contributed by atoms with Gasteiger partial charge >= 0.3 is 0 Å². The van der Waals surface area contributed by atoms with Gasteiger partial charge in [-0.05, 0) is 44.9 Å². The van der Waals surface area contributed by atoms with Crippen LogP contribution in [0.25, 0.3) is 0 Å². The molecule has 0 saturated heterocycles. The number of carbonyl (C=O) groups is 1. The predicted octanol–water partition coefficient (Wildman–Crippen LogP) is 3.08. The molecular formula is C20H30IN5OS. The summed E-state index contributed by atoms with van der Waals surface area (Å²) < 4.78 is 0. The van der Waals surface area contributed by atoms with E-state index in [-0.39, 0.29) is 29.9 Å². The number of nitrogens with zero attached hydrogens (tertiary/aromatic N) is 2. The van der Waals surface area contributed by atoms with Gasteiger partial charge in [0.1, 0.15) is 0 Å². The summed E-state index contributed by atoms with van der Waals surface area (Å²) in [5.41, 5.74) is 2.92. The third-order valence-electron chi connectivity index (χ3n) is 4.07. The summed E-state index contributed by atoms with van der Waals surface area (Å²) in [5, 5.41) is 10.4. The molecule has 1 aromatic heterocycles. The lowest BCUT2D eigenvalue weighted by Gasteiger charge is -2.11. The topological polar surface area (TPSA) is 78.4 Å². The minimum absolute atomic E-state index is 0. The number of hydrogen-bond donors (Lipinski definition) is 3. The van der Waals surface area contributed by atoms with Crippen LogP contribution in [0.5, 0.6) is 0 Å². The molecule has 1 aromatic carbocycles. The Bertz CT molecular complexity index is 791. The standard InChI is InChI=1S/C20H29N5OS.HI/c1-5-22-20(24-12-10-18-14(2)25-15(3)27-18)23-11-9-16-7-6-8-17(13-16)19(26)21-4;/h6-8,13H,5,9-12H2,1-4H3,(H,21,26)(H2,22,23,24);1H. The molecule has 0 bridgehead atoms. The van der Waals surface area contributed by atoms with Gasteiger partial charge in [-0.3, -0.25) is 9.79 Å². The molecule has 0 spiro atoms. The van der Waals surface area contributed by atoms with Gasteiger partial charge in [0.15, 0.2) is 5.96 Å². The Labute approximate surface area is 188 Å². The summed E-state index contributed by atoms with van der Waals surface area (Å²) in [5.74, 6) is 0.757. The molecule has 1 amide bonds. The van der Waals surface area contributed by atoms with Crippen molar-refractivity contribution >= 4 is 47.2 Å². The molecular weight excluding hydrogens is 485 g/mol. The number of guanidine groups is 1. The van der Waals surface area contributed by atoms with Crippen LogP contribution >= 0.6 is 35.3 Å². The van der Waals surface area contributed by atoms with Crippen LogP contribution in [-0.4, -0.2) is 43.5 Å². The van der Waals surface area contributed by atoms with E-state index in [1.165, 1.54) is 4.88 Å². The SMILES string of the molecule is CCNC(=NCCc1sc(C)nc1C)NCCc1cccc(C(=O)NC)c1.I. The van der Waals surface area contributed by atoms with Crippen LogP contribution in [0.3, 0.4) is 0 Å². The molecule has 3 N–H and O–H groups in total. The van der Waals surface area contributed by atoms with Gasteiger partial charge in [0.2, 0.25) is 0 Å². The van der Waals surface area contributed by atoms with Gasteiger partial charge in [0.05, 0.1) is 10.7 Å². The van der Waals surface area contributed by atoms with Crippen molar-refractivity contribution in [1.29, 1.82) is 0 Å². The van der Waals surface area contributed by atoms with Crippen LogP contribution in [0, 0.1) is 13.8 Å². The summed E-state index contributed by atoms with van der Waals surface area (Å²) >= 11 is 1.75. The van der Waals surface area contributed by atoms with E-state index in [4.69, 9.17) is 0 Å². The Balaban J connectivity index is 0.00000392. The van der Waals surface area contributed by atoms with Gasteiger partial charge in [0.25, 0.3) is 5.91 Å². The second-order valence-corrected chi connectivity index (χ2v) is 7.50. The average Bonchev–Trinajstić information content (AvgIpc) is 2.98. The summed E-state index contributed by atoms with van der Waals surface area (Å²) in [6, 6.07) is 7.70. The second kappa shape index (κ2) is 12.7. The number of rotatable bonds is 8. The lowest BCUT2D eigenvalue weighted by molar-refractivity contribution is 0.0963. The van der Waals surface area contributed by atoms with Gasteiger partial charge in [-0.1, -0.05) is 12.1 Å². The highest BCUT2D eigenvalue weighted by atomic mass is 127. The van der Waals surface area contributed by atoms with Gasteiger partial charge in [-0.25, -0.2) is 4.98 Å². The minimum atomic E-state index is -0.0618. The van der Waals surface area contributed by atoms with Crippen LogP contribution in [0.15, 0.2) is 29.3 Å². The number of benzene rings is 1. The van der Waals surface area contributed by atoms with Crippen LogP contribution in [0.2, 0.25) is 0 Å². The first-order valence-electron chi connectivity index (χ1n) is 9.29. The smallest absolute Gasteiger partial charge is 0.251 e. The molecule has 0 unspecified atom stereocenters. The summed E-state index contributed by atoms with van der Waals surface area (Å²) in [4.78, 5) is 22.2. The third kappa shape index (κ3) is 7.75. The Hall–Kier alpha value is -1.68. The fourth-order valence-electron chi connectivity index (χ4n) is 2.75.